The van der Waals surface area contributed by atoms with Crippen molar-refractivity contribution < 1.29 is 10.0 Å². The zero-order valence-corrected chi connectivity index (χ0v) is 9.38. The average molecular weight is 241 g/mol. The third kappa shape index (κ3) is 3.54. The van der Waals surface area contributed by atoms with E-state index in [-0.39, 0.29) is 24.2 Å². The lowest BCUT2D eigenvalue weighted by Gasteiger charge is -2.13. The number of hydrogen-bond acceptors (Lipinski definition) is 7. The van der Waals surface area contributed by atoms with Gasteiger partial charge >= 0.3 is 5.69 Å². The Bertz CT molecular complexity index is 398. The van der Waals surface area contributed by atoms with E-state index >= 15 is 0 Å². The number of aliphatic hydroxyl groups is 1. The Morgan fingerprint density at radius 2 is 2.35 bits per heavy atom. The number of hydrazine groups is 1. The molecule has 1 atom stereocenters. The summed E-state index contributed by atoms with van der Waals surface area (Å²) in [5.74, 6) is 5.64. The topological polar surface area (TPSA) is 126 Å². The van der Waals surface area contributed by atoms with Gasteiger partial charge in [0.1, 0.15) is 5.82 Å². The van der Waals surface area contributed by atoms with Crippen molar-refractivity contribution in [3.63, 3.8) is 0 Å². The number of hydrogen-bond donors (Lipinski definition) is 4. The van der Waals surface area contributed by atoms with Crippen LogP contribution < -0.4 is 16.6 Å². The molecule has 0 fully saturated rings. The molecule has 8 nitrogen and oxygen atoms in total. The highest BCUT2D eigenvalue weighted by Gasteiger charge is 2.17. The molecule has 0 aliphatic rings. The van der Waals surface area contributed by atoms with Gasteiger partial charge in [-0.15, -0.1) is 0 Å². The highest BCUT2D eigenvalue weighted by Crippen LogP contribution is 2.24. The van der Waals surface area contributed by atoms with E-state index in [4.69, 9.17) is 10.9 Å². The molecule has 1 aromatic rings. The minimum atomic E-state index is -0.526. The molecule has 1 rings (SSSR count). The zero-order valence-electron chi connectivity index (χ0n) is 9.38. The summed E-state index contributed by atoms with van der Waals surface area (Å²) in [5, 5.41) is 22.4. The van der Waals surface area contributed by atoms with Crippen molar-refractivity contribution in [1.29, 1.82) is 0 Å². The summed E-state index contributed by atoms with van der Waals surface area (Å²) >= 11 is 0. The molecule has 94 valence electrons. The number of rotatable bonds is 6. The number of pyridine rings is 1. The fraction of sp³-hybridized carbons (Fsp3) is 0.444. The summed E-state index contributed by atoms with van der Waals surface area (Å²) in [5.41, 5.74) is 2.18. The van der Waals surface area contributed by atoms with Crippen LogP contribution in [0, 0.1) is 10.1 Å². The predicted octanol–water partition coefficient (Wildman–Crippen LogP) is 0.458. The number of nitrogen functional groups attached to an aromatic ring is 1. The predicted molar refractivity (Wildman–Crippen MR) is 63.5 cm³/mol. The van der Waals surface area contributed by atoms with Gasteiger partial charge in [-0.05, 0) is 19.4 Å². The molecule has 0 saturated heterocycles. The summed E-state index contributed by atoms with van der Waals surface area (Å²) in [6.45, 7) is 1.79. The maximum absolute atomic E-state index is 10.8. The van der Waals surface area contributed by atoms with Crippen molar-refractivity contribution >= 4 is 17.3 Å². The molecule has 0 saturated carbocycles. The maximum atomic E-state index is 10.8. The van der Waals surface area contributed by atoms with Gasteiger partial charge in [-0.3, -0.25) is 10.1 Å². The number of aliphatic hydroxyl groups excluding tert-OH is 1. The molecule has 0 aromatic carbocycles. The first kappa shape index (κ1) is 13.1. The van der Waals surface area contributed by atoms with Crippen molar-refractivity contribution in [3.05, 3.63) is 22.2 Å². The van der Waals surface area contributed by atoms with Crippen molar-refractivity contribution in [2.24, 2.45) is 5.84 Å². The third-order valence-corrected chi connectivity index (χ3v) is 2.16. The van der Waals surface area contributed by atoms with Gasteiger partial charge in [0.25, 0.3) is 0 Å². The Labute approximate surface area is 98.0 Å². The standard InChI is InChI=1S/C9H15N5O3/c1-6(4-5-15)11-9-7(14(16)17)2-3-8(12-9)13-10/h2-3,6,15H,4-5,10H2,1H3,(H2,11,12,13). The Morgan fingerprint density at radius 1 is 1.65 bits per heavy atom. The van der Waals surface area contributed by atoms with Crippen LogP contribution in [0.25, 0.3) is 0 Å². The third-order valence-electron chi connectivity index (χ3n) is 2.16. The summed E-state index contributed by atoms with van der Waals surface area (Å²) in [6, 6.07) is 2.61. The Kier molecular flexibility index (Phi) is 4.61. The van der Waals surface area contributed by atoms with Crippen LogP contribution in [0.2, 0.25) is 0 Å². The fourth-order valence-corrected chi connectivity index (χ4v) is 1.28. The van der Waals surface area contributed by atoms with Gasteiger partial charge in [0, 0.05) is 18.7 Å². The molecule has 0 amide bonds. The molecule has 1 heterocycles. The summed E-state index contributed by atoms with van der Waals surface area (Å²) in [6.07, 6.45) is 0.471. The molecule has 0 aliphatic carbocycles. The van der Waals surface area contributed by atoms with E-state index in [1.54, 1.807) is 6.92 Å². The van der Waals surface area contributed by atoms with Crippen LogP contribution in [0.15, 0.2) is 12.1 Å². The van der Waals surface area contributed by atoms with Crippen LogP contribution in [0.1, 0.15) is 13.3 Å². The summed E-state index contributed by atoms with van der Waals surface area (Å²) in [4.78, 5) is 14.2. The Morgan fingerprint density at radius 3 is 2.88 bits per heavy atom. The second-order valence-corrected chi connectivity index (χ2v) is 3.52. The van der Waals surface area contributed by atoms with Crippen LogP contribution in [-0.4, -0.2) is 27.7 Å². The van der Waals surface area contributed by atoms with Gasteiger partial charge in [0.05, 0.1) is 4.92 Å². The number of nitro groups is 1. The van der Waals surface area contributed by atoms with Gasteiger partial charge in [-0.25, -0.2) is 10.8 Å². The second-order valence-electron chi connectivity index (χ2n) is 3.52. The molecule has 8 heteroatoms. The van der Waals surface area contributed by atoms with Gasteiger partial charge in [-0.1, -0.05) is 0 Å². The van der Waals surface area contributed by atoms with E-state index in [9.17, 15) is 10.1 Å². The van der Waals surface area contributed by atoms with E-state index in [0.29, 0.717) is 12.2 Å². The van der Waals surface area contributed by atoms with E-state index < -0.39 is 4.92 Å². The van der Waals surface area contributed by atoms with Gasteiger partial charge < -0.3 is 15.8 Å². The number of nitrogens with two attached hydrogens (primary N) is 1. The van der Waals surface area contributed by atoms with Gasteiger partial charge in [-0.2, -0.15) is 0 Å². The van der Waals surface area contributed by atoms with Crippen LogP contribution in [-0.2, 0) is 0 Å². The van der Waals surface area contributed by atoms with Crippen LogP contribution in [0.4, 0.5) is 17.3 Å². The molecule has 0 spiro atoms. The van der Waals surface area contributed by atoms with Crippen molar-refractivity contribution in [2.75, 3.05) is 17.3 Å². The molecular formula is C9H15N5O3. The first-order valence-corrected chi connectivity index (χ1v) is 5.08. The minimum Gasteiger partial charge on any atom is -0.396 e. The lowest BCUT2D eigenvalue weighted by atomic mass is 10.2. The molecule has 17 heavy (non-hydrogen) atoms. The van der Waals surface area contributed by atoms with Crippen LogP contribution >= 0.6 is 0 Å². The quantitative estimate of drug-likeness (QED) is 0.323. The fourth-order valence-electron chi connectivity index (χ4n) is 1.28. The lowest BCUT2D eigenvalue weighted by Crippen LogP contribution is -2.19. The Balaban J connectivity index is 2.96. The zero-order chi connectivity index (χ0) is 12.8. The number of nitrogens with zero attached hydrogens (tertiary/aromatic N) is 2. The highest BCUT2D eigenvalue weighted by molar-refractivity contribution is 5.60. The average Bonchev–Trinajstić information content (AvgIpc) is 2.28. The van der Waals surface area contributed by atoms with Gasteiger partial charge in [0.2, 0.25) is 5.82 Å². The summed E-state index contributed by atoms with van der Waals surface area (Å²) in [7, 11) is 0. The number of aromatic nitrogens is 1. The Hall–Kier alpha value is -1.93. The van der Waals surface area contributed by atoms with E-state index in [2.05, 4.69) is 15.7 Å². The van der Waals surface area contributed by atoms with Crippen LogP contribution in [0.3, 0.4) is 0 Å². The van der Waals surface area contributed by atoms with Crippen molar-refractivity contribution in [1.82, 2.24) is 4.98 Å². The van der Waals surface area contributed by atoms with Crippen molar-refractivity contribution in [2.45, 2.75) is 19.4 Å². The first-order chi connectivity index (χ1) is 8.08. The van der Waals surface area contributed by atoms with E-state index in [0.717, 1.165) is 0 Å². The minimum absolute atomic E-state index is 0.00318. The molecular weight excluding hydrogens is 226 g/mol. The van der Waals surface area contributed by atoms with Crippen molar-refractivity contribution in [3.8, 4) is 0 Å². The number of nitrogens with one attached hydrogen (secondary N) is 2. The molecule has 0 aliphatic heterocycles. The first-order valence-electron chi connectivity index (χ1n) is 5.08. The molecule has 5 N–H and O–H groups in total. The molecule has 1 aromatic heterocycles. The largest absolute Gasteiger partial charge is 0.396 e. The second kappa shape index (κ2) is 5.97. The number of anilines is 2. The monoisotopic (exact) mass is 241 g/mol. The smallest absolute Gasteiger partial charge is 0.311 e. The molecule has 0 bridgehead atoms. The molecule has 0 radical (unpaired) electrons. The SMILES string of the molecule is CC(CCO)Nc1nc(NN)ccc1[N+](=O)[O-]. The molecule has 1 unspecified atom stereocenters. The highest BCUT2D eigenvalue weighted by atomic mass is 16.6. The lowest BCUT2D eigenvalue weighted by molar-refractivity contribution is -0.384. The van der Waals surface area contributed by atoms with Crippen LogP contribution in [0.5, 0.6) is 0 Å². The van der Waals surface area contributed by atoms with E-state index in [1.807, 2.05) is 0 Å². The van der Waals surface area contributed by atoms with E-state index in [1.165, 1.54) is 12.1 Å². The maximum Gasteiger partial charge on any atom is 0.311 e. The van der Waals surface area contributed by atoms with Gasteiger partial charge in [0.15, 0.2) is 0 Å². The normalized spacial score (nSPS) is 11.9. The summed E-state index contributed by atoms with van der Waals surface area (Å²) < 4.78 is 0.